The van der Waals surface area contributed by atoms with Gasteiger partial charge in [-0.3, -0.25) is 0 Å². The van der Waals surface area contributed by atoms with Gasteiger partial charge in [-0.2, -0.15) is 5.10 Å². The van der Waals surface area contributed by atoms with Crippen LogP contribution >= 0.6 is 8.60 Å². The fourth-order valence-corrected chi connectivity index (χ4v) is 2.33. The molecule has 1 heterocycles. The number of para-hydroxylation sites is 1. The Morgan fingerprint density at radius 2 is 1.79 bits per heavy atom. The van der Waals surface area contributed by atoms with Gasteiger partial charge in [-0.15, -0.1) is 0 Å². The summed E-state index contributed by atoms with van der Waals surface area (Å²) in [6.45, 7) is 4.92. The number of benzene rings is 1. The highest BCUT2D eigenvalue weighted by molar-refractivity contribution is 7.42. The van der Waals surface area contributed by atoms with Crippen LogP contribution in [-0.4, -0.2) is 23.0 Å². The summed E-state index contributed by atoms with van der Waals surface area (Å²) in [5.74, 6) is 0.636. The van der Waals surface area contributed by atoms with Crippen LogP contribution < -0.4 is 4.52 Å². The van der Waals surface area contributed by atoms with Crippen molar-refractivity contribution in [1.29, 1.82) is 0 Å². The van der Waals surface area contributed by atoms with Crippen LogP contribution in [0.3, 0.4) is 0 Å². The molecule has 0 unspecified atom stereocenters. The SMILES string of the molecule is CCOP(OCC)Oc1cnn(-c2ccccc2)c1. The normalized spacial score (nSPS) is 10.9. The van der Waals surface area contributed by atoms with E-state index in [1.807, 2.05) is 50.4 Å². The third kappa shape index (κ3) is 4.03. The summed E-state index contributed by atoms with van der Waals surface area (Å²) in [7, 11) is -1.35. The molecule has 0 atom stereocenters. The Labute approximate surface area is 114 Å². The van der Waals surface area contributed by atoms with Crippen LogP contribution in [-0.2, 0) is 9.05 Å². The molecule has 2 rings (SSSR count). The van der Waals surface area contributed by atoms with Crippen LogP contribution in [0.2, 0.25) is 0 Å². The minimum Gasteiger partial charge on any atom is -0.423 e. The van der Waals surface area contributed by atoms with Gasteiger partial charge in [0.05, 0.1) is 31.3 Å². The van der Waals surface area contributed by atoms with E-state index in [1.165, 1.54) is 0 Å². The molecule has 102 valence electrons. The highest BCUT2D eigenvalue weighted by Crippen LogP contribution is 2.40. The lowest BCUT2D eigenvalue weighted by Crippen LogP contribution is -1.96. The van der Waals surface area contributed by atoms with Crippen LogP contribution in [0.5, 0.6) is 5.75 Å². The van der Waals surface area contributed by atoms with Gasteiger partial charge >= 0.3 is 8.60 Å². The molecule has 0 bridgehead atoms. The van der Waals surface area contributed by atoms with Crippen molar-refractivity contribution in [2.24, 2.45) is 0 Å². The Balaban J connectivity index is 2.04. The van der Waals surface area contributed by atoms with Crippen LogP contribution in [0.1, 0.15) is 13.8 Å². The Morgan fingerprint density at radius 1 is 1.11 bits per heavy atom. The molecule has 0 aliphatic carbocycles. The lowest BCUT2D eigenvalue weighted by Gasteiger charge is -2.13. The molecular weight excluding hydrogens is 263 g/mol. The summed E-state index contributed by atoms with van der Waals surface area (Å²) in [4.78, 5) is 0. The molecule has 0 N–H and O–H groups in total. The van der Waals surface area contributed by atoms with E-state index < -0.39 is 8.60 Å². The van der Waals surface area contributed by atoms with Crippen molar-refractivity contribution in [2.45, 2.75) is 13.8 Å². The lowest BCUT2D eigenvalue weighted by molar-refractivity contribution is 0.221. The van der Waals surface area contributed by atoms with E-state index in [0.29, 0.717) is 19.0 Å². The fourth-order valence-electron chi connectivity index (χ4n) is 1.46. The van der Waals surface area contributed by atoms with Crippen molar-refractivity contribution < 1.29 is 13.6 Å². The topological polar surface area (TPSA) is 45.5 Å². The number of hydrogen-bond donors (Lipinski definition) is 0. The first kappa shape index (κ1) is 14.0. The molecule has 0 aliphatic heterocycles. The summed E-state index contributed by atoms with van der Waals surface area (Å²) in [5.41, 5.74) is 0.981. The van der Waals surface area contributed by atoms with E-state index in [0.717, 1.165) is 5.69 Å². The van der Waals surface area contributed by atoms with Gasteiger partial charge in [-0.05, 0) is 26.0 Å². The molecule has 0 saturated carbocycles. The Morgan fingerprint density at radius 3 is 2.42 bits per heavy atom. The molecule has 0 saturated heterocycles. The van der Waals surface area contributed by atoms with Crippen LogP contribution in [0.15, 0.2) is 42.7 Å². The first-order valence-corrected chi connectivity index (χ1v) is 7.27. The smallest absolute Gasteiger partial charge is 0.397 e. The van der Waals surface area contributed by atoms with Crippen molar-refractivity contribution in [3.8, 4) is 11.4 Å². The van der Waals surface area contributed by atoms with Gasteiger partial charge in [-0.1, -0.05) is 18.2 Å². The predicted molar refractivity (Wildman–Crippen MR) is 74.4 cm³/mol. The minimum absolute atomic E-state index is 0.554. The van der Waals surface area contributed by atoms with Crippen molar-refractivity contribution in [3.63, 3.8) is 0 Å². The van der Waals surface area contributed by atoms with E-state index in [2.05, 4.69) is 5.10 Å². The van der Waals surface area contributed by atoms with E-state index in [-0.39, 0.29) is 0 Å². The highest BCUT2D eigenvalue weighted by atomic mass is 31.2. The first-order chi connectivity index (χ1) is 9.33. The van der Waals surface area contributed by atoms with E-state index >= 15 is 0 Å². The highest BCUT2D eigenvalue weighted by Gasteiger charge is 2.14. The fraction of sp³-hybridized carbons (Fsp3) is 0.308. The van der Waals surface area contributed by atoms with Gasteiger partial charge < -0.3 is 13.6 Å². The zero-order chi connectivity index (χ0) is 13.5. The second-order valence-electron chi connectivity index (χ2n) is 3.61. The average molecular weight is 280 g/mol. The third-order valence-electron chi connectivity index (χ3n) is 2.23. The van der Waals surface area contributed by atoms with Crippen LogP contribution in [0.4, 0.5) is 0 Å². The van der Waals surface area contributed by atoms with Crippen LogP contribution in [0, 0.1) is 0 Å². The van der Waals surface area contributed by atoms with Gasteiger partial charge in [0, 0.05) is 0 Å². The molecule has 0 fully saturated rings. The summed E-state index contributed by atoms with van der Waals surface area (Å²) in [6.07, 6.45) is 3.46. The maximum atomic E-state index is 5.63. The summed E-state index contributed by atoms with van der Waals surface area (Å²) < 4.78 is 18.2. The predicted octanol–water partition coefficient (Wildman–Crippen LogP) is 3.55. The Kier molecular flexibility index (Phi) is 5.33. The third-order valence-corrected chi connectivity index (χ3v) is 3.53. The molecule has 5 nitrogen and oxygen atoms in total. The lowest BCUT2D eigenvalue weighted by atomic mass is 10.3. The zero-order valence-electron chi connectivity index (χ0n) is 11.0. The largest absolute Gasteiger partial charge is 0.423 e. The standard InChI is InChI=1S/C13H17N2O3P/c1-3-16-19(17-4-2)18-13-10-14-15(11-13)12-8-6-5-7-9-12/h5-11H,3-4H2,1-2H3. The van der Waals surface area contributed by atoms with Crippen LogP contribution in [0.25, 0.3) is 5.69 Å². The number of rotatable bonds is 7. The first-order valence-electron chi connectivity index (χ1n) is 6.17. The maximum absolute atomic E-state index is 5.63. The molecule has 0 spiro atoms. The zero-order valence-corrected chi connectivity index (χ0v) is 11.9. The average Bonchev–Trinajstić information content (AvgIpc) is 2.89. The van der Waals surface area contributed by atoms with Crippen molar-refractivity contribution >= 4 is 8.60 Å². The maximum Gasteiger partial charge on any atom is 0.397 e. The monoisotopic (exact) mass is 280 g/mol. The van der Waals surface area contributed by atoms with E-state index in [9.17, 15) is 0 Å². The molecule has 0 radical (unpaired) electrons. The summed E-state index contributed by atoms with van der Waals surface area (Å²) in [6, 6.07) is 9.85. The quantitative estimate of drug-likeness (QED) is 0.728. The van der Waals surface area contributed by atoms with E-state index in [4.69, 9.17) is 13.6 Å². The Bertz CT molecular complexity index is 484. The molecule has 2 aromatic rings. The summed E-state index contributed by atoms with van der Waals surface area (Å²) in [5, 5.41) is 4.25. The van der Waals surface area contributed by atoms with Crippen molar-refractivity contribution in [1.82, 2.24) is 9.78 Å². The summed E-state index contributed by atoms with van der Waals surface area (Å²) >= 11 is 0. The molecule has 19 heavy (non-hydrogen) atoms. The van der Waals surface area contributed by atoms with Gasteiger partial charge in [0.15, 0.2) is 5.75 Å². The molecule has 6 heteroatoms. The second-order valence-corrected chi connectivity index (χ2v) is 4.75. The van der Waals surface area contributed by atoms with E-state index in [1.54, 1.807) is 10.9 Å². The van der Waals surface area contributed by atoms with Gasteiger partial charge in [0.25, 0.3) is 0 Å². The van der Waals surface area contributed by atoms with Gasteiger partial charge in [0.2, 0.25) is 0 Å². The molecule has 1 aromatic carbocycles. The molecule has 0 aliphatic rings. The van der Waals surface area contributed by atoms with Gasteiger partial charge in [-0.25, -0.2) is 4.68 Å². The number of aromatic nitrogens is 2. The Hall–Kier alpha value is -1.42. The molecule has 1 aromatic heterocycles. The molecular formula is C13H17N2O3P. The number of nitrogens with zero attached hydrogens (tertiary/aromatic N) is 2. The minimum atomic E-state index is -1.35. The van der Waals surface area contributed by atoms with Crippen molar-refractivity contribution in [2.75, 3.05) is 13.2 Å². The number of hydrogen-bond acceptors (Lipinski definition) is 4. The molecule has 0 amide bonds. The van der Waals surface area contributed by atoms with Crippen molar-refractivity contribution in [3.05, 3.63) is 42.7 Å². The second kappa shape index (κ2) is 7.24. The van der Waals surface area contributed by atoms with Gasteiger partial charge in [0.1, 0.15) is 0 Å².